The molecule has 0 bridgehead atoms. The summed E-state index contributed by atoms with van der Waals surface area (Å²) in [5.74, 6) is -1.32. The van der Waals surface area contributed by atoms with E-state index in [2.05, 4.69) is 21.9 Å². The predicted molar refractivity (Wildman–Crippen MR) is 79.3 cm³/mol. The Balaban J connectivity index is 1.91. The highest BCUT2D eigenvalue weighted by Crippen LogP contribution is 2.37. The van der Waals surface area contributed by atoms with Gasteiger partial charge in [-0.3, -0.25) is 9.59 Å². The number of aliphatic carboxylic acids is 1. The molecule has 1 aliphatic rings. The van der Waals surface area contributed by atoms with Crippen LogP contribution in [0.5, 0.6) is 0 Å². The molecule has 1 fully saturated rings. The van der Waals surface area contributed by atoms with Crippen LogP contribution < -0.4 is 5.32 Å². The Kier molecular flexibility index (Phi) is 5.22. The Morgan fingerprint density at radius 1 is 1.43 bits per heavy atom. The molecule has 2 rings (SSSR count). The minimum atomic E-state index is -1.02. The monoisotopic (exact) mass is 312 g/mol. The summed E-state index contributed by atoms with van der Waals surface area (Å²) in [5, 5.41) is 18.9. The van der Waals surface area contributed by atoms with E-state index in [1.165, 1.54) is 25.5 Å². The molecule has 0 saturated heterocycles. The van der Waals surface area contributed by atoms with E-state index in [1.807, 2.05) is 11.8 Å². The first-order valence-corrected chi connectivity index (χ1v) is 8.22. The molecule has 1 aromatic heterocycles. The van der Waals surface area contributed by atoms with Crippen molar-refractivity contribution >= 4 is 23.6 Å². The number of nitrogens with zero attached hydrogens (tertiary/aromatic N) is 3. The van der Waals surface area contributed by atoms with E-state index in [4.69, 9.17) is 5.11 Å². The average molecular weight is 312 g/mol. The molecule has 1 saturated carbocycles. The summed E-state index contributed by atoms with van der Waals surface area (Å²) in [4.78, 5) is 22.6. The lowest BCUT2D eigenvalue weighted by Crippen LogP contribution is -2.41. The number of hydrogen-bond acceptors (Lipinski definition) is 5. The van der Waals surface area contributed by atoms with Gasteiger partial charge in [0.1, 0.15) is 6.54 Å². The number of carboxylic acids is 1. The fourth-order valence-electron chi connectivity index (χ4n) is 2.60. The van der Waals surface area contributed by atoms with E-state index >= 15 is 0 Å². The summed E-state index contributed by atoms with van der Waals surface area (Å²) in [6.07, 6.45) is 9.33. The average Bonchev–Trinajstić information content (AvgIpc) is 2.93. The Labute approximate surface area is 127 Å². The molecule has 7 nitrogen and oxygen atoms in total. The Morgan fingerprint density at radius 3 is 2.76 bits per heavy atom. The SMILES string of the molecule is CSC1(CNC(=O)c2cn(CC(=O)O)nn2)CCCCC1. The molecule has 0 spiro atoms. The molecule has 0 radical (unpaired) electrons. The summed E-state index contributed by atoms with van der Waals surface area (Å²) in [6, 6.07) is 0. The molecular weight excluding hydrogens is 292 g/mol. The van der Waals surface area contributed by atoms with Crippen molar-refractivity contribution in [2.24, 2.45) is 0 Å². The van der Waals surface area contributed by atoms with Crippen LogP contribution in [0.2, 0.25) is 0 Å². The van der Waals surface area contributed by atoms with Gasteiger partial charge >= 0.3 is 5.97 Å². The molecule has 21 heavy (non-hydrogen) atoms. The minimum absolute atomic E-state index is 0.116. The molecule has 0 unspecified atom stereocenters. The maximum Gasteiger partial charge on any atom is 0.325 e. The number of carbonyl (C=O) groups excluding carboxylic acids is 1. The lowest BCUT2D eigenvalue weighted by Gasteiger charge is -2.35. The van der Waals surface area contributed by atoms with Gasteiger partial charge < -0.3 is 10.4 Å². The van der Waals surface area contributed by atoms with Crippen LogP contribution in [0.15, 0.2) is 6.20 Å². The summed E-state index contributed by atoms with van der Waals surface area (Å²) in [5.41, 5.74) is 0.156. The molecule has 1 amide bonds. The van der Waals surface area contributed by atoms with E-state index in [0.717, 1.165) is 17.5 Å². The molecule has 1 heterocycles. The van der Waals surface area contributed by atoms with Crippen LogP contribution in [0.1, 0.15) is 42.6 Å². The van der Waals surface area contributed by atoms with E-state index in [1.54, 1.807) is 0 Å². The first kappa shape index (κ1) is 15.8. The largest absolute Gasteiger partial charge is 0.480 e. The Morgan fingerprint density at radius 2 is 2.14 bits per heavy atom. The molecule has 1 aliphatic carbocycles. The fourth-order valence-corrected chi connectivity index (χ4v) is 3.51. The molecule has 0 atom stereocenters. The third-order valence-corrected chi connectivity index (χ3v) is 5.26. The van der Waals surface area contributed by atoms with Crippen molar-refractivity contribution in [3.05, 3.63) is 11.9 Å². The molecule has 0 aromatic carbocycles. The van der Waals surface area contributed by atoms with Crippen LogP contribution >= 0.6 is 11.8 Å². The summed E-state index contributed by atoms with van der Waals surface area (Å²) in [6.45, 7) is 0.313. The van der Waals surface area contributed by atoms with Gasteiger partial charge in [-0.05, 0) is 19.1 Å². The van der Waals surface area contributed by atoms with Crippen molar-refractivity contribution in [1.82, 2.24) is 20.3 Å². The number of aromatic nitrogens is 3. The molecule has 0 aliphatic heterocycles. The van der Waals surface area contributed by atoms with E-state index in [-0.39, 0.29) is 22.9 Å². The number of nitrogens with one attached hydrogen (secondary N) is 1. The maximum absolute atomic E-state index is 12.1. The van der Waals surface area contributed by atoms with Crippen molar-refractivity contribution in [1.29, 1.82) is 0 Å². The smallest absolute Gasteiger partial charge is 0.325 e. The summed E-state index contributed by atoms with van der Waals surface area (Å²) >= 11 is 1.81. The lowest BCUT2D eigenvalue weighted by atomic mass is 9.88. The molecule has 2 N–H and O–H groups in total. The molecule has 116 valence electrons. The van der Waals surface area contributed by atoms with Crippen LogP contribution in [-0.2, 0) is 11.3 Å². The van der Waals surface area contributed by atoms with Crippen molar-refractivity contribution in [3.8, 4) is 0 Å². The van der Waals surface area contributed by atoms with Crippen LogP contribution in [0.3, 0.4) is 0 Å². The van der Waals surface area contributed by atoms with Crippen LogP contribution in [0, 0.1) is 0 Å². The van der Waals surface area contributed by atoms with Crippen molar-refractivity contribution in [3.63, 3.8) is 0 Å². The summed E-state index contributed by atoms with van der Waals surface area (Å²) in [7, 11) is 0. The number of hydrogen-bond donors (Lipinski definition) is 2. The van der Waals surface area contributed by atoms with Gasteiger partial charge in [0, 0.05) is 11.3 Å². The second kappa shape index (κ2) is 6.93. The molecular formula is C13H20N4O3S. The van der Waals surface area contributed by atoms with Gasteiger partial charge in [-0.2, -0.15) is 11.8 Å². The number of carbonyl (C=O) groups is 2. The Hall–Kier alpha value is -1.57. The van der Waals surface area contributed by atoms with Crippen molar-refractivity contribution in [2.75, 3.05) is 12.8 Å². The fraction of sp³-hybridized carbons (Fsp3) is 0.692. The highest BCUT2D eigenvalue weighted by Gasteiger charge is 2.31. The second-order valence-corrected chi connectivity index (χ2v) is 6.60. The molecule has 1 aromatic rings. The number of amides is 1. The highest BCUT2D eigenvalue weighted by molar-refractivity contribution is 8.00. The highest BCUT2D eigenvalue weighted by atomic mass is 32.2. The zero-order chi connectivity index (χ0) is 15.3. The van der Waals surface area contributed by atoms with Gasteiger partial charge in [-0.15, -0.1) is 5.10 Å². The number of carboxylic acid groups (broad SMARTS) is 1. The van der Waals surface area contributed by atoms with E-state index in [0.29, 0.717) is 6.54 Å². The third-order valence-electron chi connectivity index (χ3n) is 3.84. The standard InChI is InChI=1S/C13H20N4O3S/c1-21-13(5-3-2-4-6-13)9-14-12(20)10-7-17(16-15-10)8-11(18)19/h7H,2-6,8-9H2,1H3,(H,14,20)(H,18,19). The zero-order valence-electron chi connectivity index (χ0n) is 12.0. The van der Waals surface area contributed by atoms with Crippen LogP contribution in [0.25, 0.3) is 0 Å². The predicted octanol–water partition coefficient (Wildman–Crippen LogP) is 1.16. The normalized spacial score (nSPS) is 17.4. The van der Waals surface area contributed by atoms with E-state index < -0.39 is 5.97 Å². The van der Waals surface area contributed by atoms with Gasteiger partial charge in [0.2, 0.25) is 0 Å². The van der Waals surface area contributed by atoms with Crippen LogP contribution in [0.4, 0.5) is 0 Å². The minimum Gasteiger partial charge on any atom is -0.480 e. The molecule has 8 heteroatoms. The first-order chi connectivity index (χ1) is 10.0. The first-order valence-electron chi connectivity index (χ1n) is 7.00. The maximum atomic E-state index is 12.1. The van der Waals surface area contributed by atoms with E-state index in [9.17, 15) is 9.59 Å². The summed E-state index contributed by atoms with van der Waals surface area (Å²) < 4.78 is 1.26. The third kappa shape index (κ3) is 4.20. The second-order valence-electron chi connectivity index (χ2n) is 5.33. The number of rotatable bonds is 6. The van der Waals surface area contributed by atoms with Gasteiger partial charge in [0.15, 0.2) is 5.69 Å². The van der Waals surface area contributed by atoms with Crippen molar-refractivity contribution < 1.29 is 14.7 Å². The topological polar surface area (TPSA) is 97.1 Å². The van der Waals surface area contributed by atoms with Gasteiger partial charge in [0.25, 0.3) is 5.91 Å². The number of thioether (sulfide) groups is 1. The van der Waals surface area contributed by atoms with Gasteiger partial charge in [-0.1, -0.05) is 24.5 Å². The van der Waals surface area contributed by atoms with Crippen molar-refractivity contribution in [2.45, 2.75) is 43.4 Å². The Bertz CT molecular complexity index is 511. The van der Waals surface area contributed by atoms with Crippen LogP contribution in [-0.4, -0.2) is 49.5 Å². The lowest BCUT2D eigenvalue weighted by molar-refractivity contribution is -0.137. The zero-order valence-corrected chi connectivity index (χ0v) is 12.9. The van der Waals surface area contributed by atoms with Gasteiger partial charge in [-0.25, -0.2) is 4.68 Å². The quantitative estimate of drug-likeness (QED) is 0.818. The van der Waals surface area contributed by atoms with Gasteiger partial charge in [0.05, 0.1) is 6.20 Å².